The molecule has 1 rings (SSSR count). The van der Waals surface area contributed by atoms with E-state index >= 15 is 0 Å². The minimum atomic E-state index is -0.676. The fourth-order valence-electron chi connectivity index (χ4n) is 0.819. The molecule has 6 nitrogen and oxygen atoms in total. The van der Waals surface area contributed by atoms with Crippen molar-refractivity contribution in [3.05, 3.63) is 33.6 Å². The van der Waals surface area contributed by atoms with E-state index in [1.807, 2.05) is 0 Å². The summed E-state index contributed by atoms with van der Waals surface area (Å²) in [6, 6.07) is 4.29. The van der Waals surface area contributed by atoms with E-state index in [2.05, 4.69) is 12.2 Å². The summed E-state index contributed by atoms with van der Waals surface area (Å²) in [6.45, 7) is 0. The van der Waals surface area contributed by atoms with Crippen molar-refractivity contribution in [3.8, 4) is 6.07 Å². The van der Waals surface area contributed by atoms with Gasteiger partial charge in [0, 0.05) is 6.08 Å². The quantitative estimate of drug-likeness (QED) is 0.273. The van der Waals surface area contributed by atoms with Crippen molar-refractivity contribution in [2.24, 2.45) is 5.73 Å². The molecule has 0 aliphatic heterocycles. The SMILES string of the molecule is N#CC(=Cc1ccc([N+](=O)[O-])o1)C(N)=S. The summed E-state index contributed by atoms with van der Waals surface area (Å²) < 4.78 is 4.79. The molecule has 2 N–H and O–H groups in total. The van der Waals surface area contributed by atoms with Crippen LogP contribution in [0.15, 0.2) is 22.1 Å². The van der Waals surface area contributed by atoms with Gasteiger partial charge in [-0.25, -0.2) is 0 Å². The Kier molecular flexibility index (Phi) is 3.15. The van der Waals surface area contributed by atoms with E-state index in [9.17, 15) is 10.1 Å². The summed E-state index contributed by atoms with van der Waals surface area (Å²) in [6.07, 6.45) is 1.25. The number of nitro groups is 1. The zero-order chi connectivity index (χ0) is 11.4. The van der Waals surface area contributed by atoms with Crippen LogP contribution in [0, 0.1) is 21.4 Å². The van der Waals surface area contributed by atoms with Gasteiger partial charge in [-0.2, -0.15) is 5.26 Å². The Morgan fingerprint density at radius 2 is 2.40 bits per heavy atom. The minimum absolute atomic E-state index is 0.0363. The summed E-state index contributed by atoms with van der Waals surface area (Å²) in [5.41, 5.74) is 5.26. The number of rotatable bonds is 3. The molecule has 0 saturated carbocycles. The lowest BCUT2D eigenvalue weighted by Gasteiger charge is -1.90. The van der Waals surface area contributed by atoms with E-state index in [1.54, 1.807) is 6.07 Å². The summed E-state index contributed by atoms with van der Waals surface area (Å²) in [5.74, 6) is -0.243. The first-order valence-electron chi connectivity index (χ1n) is 3.70. The van der Waals surface area contributed by atoms with Gasteiger partial charge in [0.05, 0.1) is 11.6 Å². The van der Waals surface area contributed by atoms with Crippen LogP contribution in [0.4, 0.5) is 5.88 Å². The molecule has 0 radical (unpaired) electrons. The predicted octanol–water partition coefficient (Wildman–Crippen LogP) is 1.38. The van der Waals surface area contributed by atoms with Crippen molar-refractivity contribution >= 4 is 29.2 Å². The second-order valence-electron chi connectivity index (χ2n) is 2.47. The Labute approximate surface area is 89.7 Å². The maximum Gasteiger partial charge on any atom is 0.433 e. The summed E-state index contributed by atoms with van der Waals surface area (Å²) in [7, 11) is 0. The second kappa shape index (κ2) is 4.34. The fraction of sp³-hybridized carbons (Fsp3) is 0. The van der Waals surface area contributed by atoms with Gasteiger partial charge in [-0.1, -0.05) is 12.2 Å². The van der Waals surface area contributed by atoms with Crippen LogP contribution < -0.4 is 5.73 Å². The third kappa shape index (κ3) is 2.62. The molecule has 15 heavy (non-hydrogen) atoms. The topological polar surface area (TPSA) is 106 Å². The van der Waals surface area contributed by atoms with Crippen LogP contribution in [0.2, 0.25) is 0 Å². The van der Waals surface area contributed by atoms with Crippen LogP contribution in [0.3, 0.4) is 0 Å². The molecule has 0 aromatic carbocycles. The van der Waals surface area contributed by atoms with Crippen LogP contribution in [0.25, 0.3) is 6.08 Å². The predicted molar refractivity (Wildman–Crippen MR) is 55.7 cm³/mol. The van der Waals surface area contributed by atoms with Gasteiger partial charge in [0.2, 0.25) is 0 Å². The second-order valence-corrected chi connectivity index (χ2v) is 2.91. The fourth-order valence-corrected chi connectivity index (χ4v) is 0.923. The lowest BCUT2D eigenvalue weighted by Crippen LogP contribution is -2.09. The molecule has 0 aliphatic rings. The number of nitriles is 1. The highest BCUT2D eigenvalue weighted by molar-refractivity contribution is 7.80. The monoisotopic (exact) mass is 223 g/mol. The molecule has 0 saturated heterocycles. The lowest BCUT2D eigenvalue weighted by atomic mass is 10.2. The van der Waals surface area contributed by atoms with Crippen molar-refractivity contribution in [1.29, 1.82) is 5.26 Å². The van der Waals surface area contributed by atoms with Gasteiger partial charge >= 0.3 is 5.88 Å². The van der Waals surface area contributed by atoms with Crippen molar-refractivity contribution in [2.45, 2.75) is 0 Å². The third-order valence-corrected chi connectivity index (χ3v) is 1.68. The maximum atomic E-state index is 10.3. The van der Waals surface area contributed by atoms with Gasteiger partial charge in [-0.3, -0.25) is 10.1 Å². The Balaban J connectivity index is 3.04. The molecule has 0 atom stereocenters. The van der Waals surface area contributed by atoms with E-state index in [1.165, 1.54) is 18.2 Å². The highest BCUT2D eigenvalue weighted by Crippen LogP contribution is 2.17. The molecule has 0 unspecified atom stereocenters. The molecule has 1 aromatic heterocycles. The Hall–Kier alpha value is -2.20. The van der Waals surface area contributed by atoms with E-state index in [4.69, 9.17) is 15.4 Å². The van der Waals surface area contributed by atoms with Crippen LogP contribution >= 0.6 is 12.2 Å². The van der Waals surface area contributed by atoms with Crippen molar-refractivity contribution in [3.63, 3.8) is 0 Å². The van der Waals surface area contributed by atoms with Gasteiger partial charge in [0.25, 0.3) is 0 Å². The first kappa shape index (κ1) is 10.9. The van der Waals surface area contributed by atoms with Crippen LogP contribution in [0.5, 0.6) is 0 Å². The van der Waals surface area contributed by atoms with Crippen molar-refractivity contribution < 1.29 is 9.34 Å². The maximum absolute atomic E-state index is 10.3. The lowest BCUT2D eigenvalue weighted by molar-refractivity contribution is -0.402. The zero-order valence-corrected chi connectivity index (χ0v) is 8.15. The van der Waals surface area contributed by atoms with Crippen LogP contribution in [-0.2, 0) is 0 Å². The first-order valence-corrected chi connectivity index (χ1v) is 4.11. The average Bonchev–Trinajstić information content (AvgIpc) is 2.61. The molecule has 7 heteroatoms. The number of nitrogens with two attached hydrogens (primary N) is 1. The molecule has 0 bridgehead atoms. The van der Waals surface area contributed by atoms with Gasteiger partial charge in [0.1, 0.15) is 21.7 Å². The van der Waals surface area contributed by atoms with Crippen molar-refractivity contribution in [1.82, 2.24) is 0 Å². The van der Waals surface area contributed by atoms with Gasteiger partial charge in [-0.05, 0) is 6.07 Å². The molecule has 1 heterocycles. The van der Waals surface area contributed by atoms with Crippen LogP contribution in [0.1, 0.15) is 5.76 Å². The summed E-state index contributed by atoms with van der Waals surface area (Å²) in [4.78, 5) is 9.52. The highest BCUT2D eigenvalue weighted by atomic mass is 32.1. The number of hydrogen-bond acceptors (Lipinski definition) is 5. The minimum Gasteiger partial charge on any atom is -0.401 e. The van der Waals surface area contributed by atoms with Gasteiger partial charge in [0.15, 0.2) is 0 Å². The standard InChI is InChI=1S/C8H5N3O3S/c9-4-5(8(10)15)3-6-1-2-7(14-6)11(12)13/h1-3H,(H2,10,15). The summed E-state index contributed by atoms with van der Waals surface area (Å²) >= 11 is 4.59. The Morgan fingerprint density at radius 3 is 2.80 bits per heavy atom. The number of nitrogens with zero attached hydrogens (tertiary/aromatic N) is 2. The Bertz CT molecular complexity index is 484. The van der Waals surface area contributed by atoms with Gasteiger partial charge < -0.3 is 10.2 Å². The molecule has 0 spiro atoms. The van der Waals surface area contributed by atoms with Crippen molar-refractivity contribution in [2.75, 3.05) is 0 Å². The molecule has 1 aromatic rings. The number of furan rings is 1. The third-order valence-electron chi connectivity index (χ3n) is 1.47. The van der Waals surface area contributed by atoms with E-state index in [-0.39, 0.29) is 16.3 Å². The van der Waals surface area contributed by atoms with E-state index in [0.29, 0.717) is 0 Å². The smallest absolute Gasteiger partial charge is 0.401 e. The molecule has 0 fully saturated rings. The average molecular weight is 223 g/mol. The normalized spacial score (nSPS) is 10.7. The molecule has 0 amide bonds. The highest BCUT2D eigenvalue weighted by Gasteiger charge is 2.11. The van der Waals surface area contributed by atoms with Gasteiger partial charge in [-0.15, -0.1) is 0 Å². The van der Waals surface area contributed by atoms with E-state index < -0.39 is 10.8 Å². The van der Waals surface area contributed by atoms with E-state index in [0.717, 1.165) is 0 Å². The van der Waals surface area contributed by atoms with Crippen LogP contribution in [-0.4, -0.2) is 9.91 Å². The molecular formula is C8H5N3O3S. The largest absolute Gasteiger partial charge is 0.433 e. The zero-order valence-electron chi connectivity index (χ0n) is 7.34. The molecule has 76 valence electrons. The summed E-state index contributed by atoms with van der Waals surface area (Å²) in [5, 5.41) is 18.9. The number of thiocarbonyl (C=S) groups is 1. The first-order chi connectivity index (χ1) is 7.04. The molecular weight excluding hydrogens is 218 g/mol. The molecule has 0 aliphatic carbocycles. The Morgan fingerprint density at radius 1 is 1.73 bits per heavy atom. The number of hydrogen-bond donors (Lipinski definition) is 1.